The summed E-state index contributed by atoms with van der Waals surface area (Å²) in [5, 5.41) is 0. The number of nitrogens with zero attached hydrogens (tertiary/aromatic N) is 3. The van der Waals surface area contributed by atoms with E-state index < -0.39 is 0 Å². The highest BCUT2D eigenvalue weighted by molar-refractivity contribution is 5.69. The molecule has 2 aromatic rings. The lowest BCUT2D eigenvalue weighted by atomic mass is 9.78. The van der Waals surface area contributed by atoms with Crippen molar-refractivity contribution in [3.05, 3.63) is 65.2 Å². The first kappa shape index (κ1) is 19.8. The van der Waals surface area contributed by atoms with Crippen LogP contribution in [0.3, 0.4) is 0 Å². The standard InChI is InChI=1S/C24H31N3O2/c1-24(2)18-27(23(28)29-17-19-7-5-4-6-8-19)16-20-15-21(9-10-22(20)24)26-13-11-25(3)12-14-26/h4-10,15H,11-14,16-18H2,1-3H3. The van der Waals surface area contributed by atoms with E-state index in [0.29, 0.717) is 19.7 Å². The zero-order valence-corrected chi connectivity index (χ0v) is 17.7. The predicted molar refractivity (Wildman–Crippen MR) is 116 cm³/mol. The summed E-state index contributed by atoms with van der Waals surface area (Å²) < 4.78 is 5.61. The number of benzene rings is 2. The molecule has 2 aliphatic heterocycles. The van der Waals surface area contributed by atoms with Gasteiger partial charge in [0, 0.05) is 50.4 Å². The van der Waals surface area contributed by atoms with Gasteiger partial charge in [-0.1, -0.05) is 50.2 Å². The van der Waals surface area contributed by atoms with Crippen LogP contribution < -0.4 is 4.90 Å². The van der Waals surface area contributed by atoms with Gasteiger partial charge in [0.2, 0.25) is 0 Å². The highest BCUT2D eigenvalue weighted by Gasteiger charge is 2.35. The molecule has 4 rings (SSSR count). The summed E-state index contributed by atoms with van der Waals surface area (Å²) in [4.78, 5) is 19.4. The van der Waals surface area contributed by atoms with E-state index in [1.807, 2.05) is 35.2 Å². The van der Waals surface area contributed by atoms with Crippen molar-refractivity contribution in [1.29, 1.82) is 0 Å². The quantitative estimate of drug-likeness (QED) is 0.793. The zero-order chi connectivity index (χ0) is 20.4. The average molecular weight is 394 g/mol. The smallest absolute Gasteiger partial charge is 0.410 e. The molecule has 1 fully saturated rings. The number of carbonyl (C=O) groups excluding carboxylic acids is 1. The first-order chi connectivity index (χ1) is 13.9. The maximum absolute atomic E-state index is 12.8. The molecule has 5 heteroatoms. The maximum atomic E-state index is 12.8. The minimum atomic E-state index is -0.238. The summed E-state index contributed by atoms with van der Waals surface area (Å²) in [5.74, 6) is 0. The van der Waals surface area contributed by atoms with E-state index in [9.17, 15) is 4.79 Å². The van der Waals surface area contributed by atoms with E-state index in [-0.39, 0.29) is 11.5 Å². The van der Waals surface area contributed by atoms with Gasteiger partial charge < -0.3 is 19.4 Å². The van der Waals surface area contributed by atoms with Crippen molar-refractivity contribution in [3.63, 3.8) is 0 Å². The molecule has 0 aliphatic carbocycles. The third kappa shape index (κ3) is 4.40. The Labute approximate surface area is 173 Å². The van der Waals surface area contributed by atoms with Gasteiger partial charge in [0.25, 0.3) is 0 Å². The van der Waals surface area contributed by atoms with Crippen molar-refractivity contribution in [3.8, 4) is 0 Å². The maximum Gasteiger partial charge on any atom is 0.410 e. The molecule has 1 amide bonds. The molecule has 0 bridgehead atoms. The van der Waals surface area contributed by atoms with Crippen LogP contribution in [0, 0.1) is 0 Å². The fraction of sp³-hybridized carbons (Fsp3) is 0.458. The largest absolute Gasteiger partial charge is 0.445 e. The second-order valence-corrected chi connectivity index (χ2v) is 8.91. The molecule has 5 nitrogen and oxygen atoms in total. The van der Waals surface area contributed by atoms with Crippen LogP contribution in [0.5, 0.6) is 0 Å². The van der Waals surface area contributed by atoms with Gasteiger partial charge in [0.15, 0.2) is 0 Å². The topological polar surface area (TPSA) is 36.0 Å². The summed E-state index contributed by atoms with van der Waals surface area (Å²) in [6.07, 6.45) is -0.238. The number of likely N-dealkylation sites (N-methyl/N-ethyl adjacent to an activating group) is 1. The molecule has 1 saturated heterocycles. The van der Waals surface area contributed by atoms with Crippen LogP contribution >= 0.6 is 0 Å². The monoisotopic (exact) mass is 393 g/mol. The zero-order valence-electron chi connectivity index (χ0n) is 17.7. The van der Waals surface area contributed by atoms with E-state index in [2.05, 4.69) is 48.9 Å². The SMILES string of the molecule is CN1CCN(c2ccc3c(c2)CN(C(=O)OCc2ccccc2)CC3(C)C)CC1. The van der Waals surface area contributed by atoms with Gasteiger partial charge in [-0.25, -0.2) is 4.79 Å². The first-order valence-electron chi connectivity index (χ1n) is 10.4. The summed E-state index contributed by atoms with van der Waals surface area (Å²) in [5.41, 5.74) is 4.74. The van der Waals surface area contributed by atoms with Gasteiger partial charge in [-0.15, -0.1) is 0 Å². The number of carbonyl (C=O) groups is 1. The molecule has 0 aromatic heterocycles. The molecule has 0 N–H and O–H groups in total. The molecule has 2 heterocycles. The van der Waals surface area contributed by atoms with Crippen LogP contribution in [-0.2, 0) is 23.3 Å². The van der Waals surface area contributed by atoms with Crippen LogP contribution in [0.25, 0.3) is 0 Å². The minimum Gasteiger partial charge on any atom is -0.445 e. The molecule has 0 spiro atoms. The number of hydrogen-bond donors (Lipinski definition) is 0. The van der Waals surface area contributed by atoms with Gasteiger partial charge in [-0.3, -0.25) is 0 Å². The molecule has 2 aliphatic rings. The van der Waals surface area contributed by atoms with Gasteiger partial charge in [-0.05, 0) is 35.9 Å². The van der Waals surface area contributed by atoms with Crippen LogP contribution in [0.4, 0.5) is 10.5 Å². The highest BCUT2D eigenvalue weighted by atomic mass is 16.6. The van der Waals surface area contributed by atoms with Crippen molar-refractivity contribution in [2.24, 2.45) is 0 Å². The number of ether oxygens (including phenoxy) is 1. The summed E-state index contributed by atoms with van der Waals surface area (Å²) in [7, 11) is 2.17. The molecule has 0 unspecified atom stereocenters. The molecule has 0 atom stereocenters. The second-order valence-electron chi connectivity index (χ2n) is 8.91. The van der Waals surface area contributed by atoms with E-state index in [0.717, 1.165) is 31.7 Å². The normalized spacial score (nSPS) is 19.0. The van der Waals surface area contributed by atoms with Gasteiger partial charge in [0.1, 0.15) is 6.61 Å². The molecule has 154 valence electrons. The summed E-state index contributed by atoms with van der Waals surface area (Å²) in [6.45, 7) is 10.3. The van der Waals surface area contributed by atoms with Crippen molar-refractivity contribution in [2.75, 3.05) is 44.7 Å². The summed E-state index contributed by atoms with van der Waals surface area (Å²) >= 11 is 0. The Morgan fingerprint density at radius 1 is 1.03 bits per heavy atom. The Balaban J connectivity index is 1.49. The number of amides is 1. The van der Waals surface area contributed by atoms with Gasteiger partial charge in [0.05, 0.1) is 0 Å². The van der Waals surface area contributed by atoms with Crippen molar-refractivity contribution in [1.82, 2.24) is 9.80 Å². The Hall–Kier alpha value is -2.53. The Kier molecular flexibility index (Phi) is 5.50. The Morgan fingerprint density at radius 2 is 1.76 bits per heavy atom. The lowest BCUT2D eigenvalue weighted by Crippen LogP contribution is -2.46. The van der Waals surface area contributed by atoms with Crippen LogP contribution in [0.15, 0.2) is 48.5 Å². The minimum absolute atomic E-state index is 0.0972. The Morgan fingerprint density at radius 3 is 2.48 bits per heavy atom. The average Bonchev–Trinajstić information content (AvgIpc) is 2.72. The van der Waals surface area contributed by atoms with E-state index in [1.54, 1.807) is 0 Å². The summed E-state index contributed by atoms with van der Waals surface area (Å²) in [6, 6.07) is 16.6. The van der Waals surface area contributed by atoms with Gasteiger partial charge in [-0.2, -0.15) is 0 Å². The number of piperazine rings is 1. The number of hydrogen-bond acceptors (Lipinski definition) is 4. The number of rotatable bonds is 3. The van der Waals surface area contributed by atoms with Crippen molar-refractivity contribution in [2.45, 2.75) is 32.4 Å². The van der Waals surface area contributed by atoms with Crippen LogP contribution in [0.1, 0.15) is 30.5 Å². The van der Waals surface area contributed by atoms with E-state index >= 15 is 0 Å². The third-order valence-electron chi connectivity index (χ3n) is 6.10. The predicted octanol–water partition coefficient (Wildman–Crippen LogP) is 3.87. The lowest BCUT2D eigenvalue weighted by Gasteiger charge is -2.40. The third-order valence-corrected chi connectivity index (χ3v) is 6.10. The second kappa shape index (κ2) is 8.07. The molecule has 0 radical (unpaired) electrons. The molecular weight excluding hydrogens is 362 g/mol. The van der Waals surface area contributed by atoms with Crippen LogP contribution in [-0.4, -0.2) is 55.7 Å². The number of anilines is 1. The van der Waals surface area contributed by atoms with Crippen molar-refractivity contribution < 1.29 is 9.53 Å². The van der Waals surface area contributed by atoms with E-state index in [4.69, 9.17) is 4.74 Å². The fourth-order valence-corrected chi connectivity index (χ4v) is 4.40. The van der Waals surface area contributed by atoms with Crippen molar-refractivity contribution >= 4 is 11.8 Å². The van der Waals surface area contributed by atoms with Gasteiger partial charge >= 0.3 is 6.09 Å². The highest BCUT2D eigenvalue weighted by Crippen LogP contribution is 2.36. The molecule has 2 aromatic carbocycles. The van der Waals surface area contributed by atoms with Crippen LogP contribution in [0.2, 0.25) is 0 Å². The molecular formula is C24H31N3O2. The van der Waals surface area contributed by atoms with E-state index in [1.165, 1.54) is 16.8 Å². The Bertz CT molecular complexity index is 858. The lowest BCUT2D eigenvalue weighted by molar-refractivity contribution is 0.0819. The first-order valence-corrected chi connectivity index (χ1v) is 10.4. The molecule has 0 saturated carbocycles. The molecule has 29 heavy (non-hydrogen) atoms. The fourth-order valence-electron chi connectivity index (χ4n) is 4.40. The number of fused-ring (bicyclic) bond motifs is 1.